The summed E-state index contributed by atoms with van der Waals surface area (Å²) < 4.78 is 47.1. The van der Waals surface area contributed by atoms with Crippen molar-refractivity contribution >= 4 is 11.6 Å². The van der Waals surface area contributed by atoms with Gasteiger partial charge < -0.3 is 10.0 Å². The van der Waals surface area contributed by atoms with Crippen LogP contribution < -0.4 is 0 Å². The molecule has 0 radical (unpaired) electrons. The van der Waals surface area contributed by atoms with Crippen LogP contribution in [0.2, 0.25) is 0 Å². The third kappa shape index (κ3) is 6.07. The summed E-state index contributed by atoms with van der Waals surface area (Å²) in [6.45, 7) is 3.53. The summed E-state index contributed by atoms with van der Waals surface area (Å²) in [6, 6.07) is 10.6. The second kappa shape index (κ2) is 9.46. The van der Waals surface area contributed by atoms with E-state index in [1.807, 2.05) is 28.9 Å². The van der Waals surface area contributed by atoms with Crippen LogP contribution in [-0.4, -0.2) is 56.4 Å². The van der Waals surface area contributed by atoms with Gasteiger partial charge in [-0.15, -0.1) is 0 Å². The van der Waals surface area contributed by atoms with Crippen LogP contribution in [0.1, 0.15) is 37.4 Å². The third-order valence-corrected chi connectivity index (χ3v) is 5.83. The quantitative estimate of drug-likeness (QED) is 0.564. The predicted molar refractivity (Wildman–Crippen MR) is 113 cm³/mol. The number of carboxylic acids is 1. The molecule has 1 atom stereocenters. The number of alkyl halides is 3. The zero-order valence-corrected chi connectivity index (χ0v) is 17.8. The number of pyridine rings is 1. The molecule has 2 fully saturated rings. The summed E-state index contributed by atoms with van der Waals surface area (Å²) >= 11 is 0. The average molecular weight is 464 g/mol. The molecule has 1 N–H and O–H groups in total. The molecule has 3 heterocycles. The fraction of sp³-hybridized carbons (Fsp3) is 0.435. The molecule has 5 rings (SSSR count). The summed E-state index contributed by atoms with van der Waals surface area (Å²) in [5.74, 6) is -0.689. The van der Waals surface area contributed by atoms with E-state index in [0.29, 0.717) is 5.92 Å². The molecule has 0 bridgehead atoms. The van der Waals surface area contributed by atoms with Gasteiger partial charge in [-0.25, -0.2) is 18.7 Å². The molecule has 1 unspecified atom stereocenters. The lowest BCUT2D eigenvalue weighted by Crippen LogP contribution is -2.36. The van der Waals surface area contributed by atoms with E-state index in [4.69, 9.17) is 20.0 Å². The Hall–Kier alpha value is -3.01. The van der Waals surface area contributed by atoms with Crippen molar-refractivity contribution < 1.29 is 27.5 Å². The van der Waals surface area contributed by atoms with Gasteiger partial charge in [-0.3, -0.25) is 0 Å². The number of rotatable bonds is 4. The smallest absolute Gasteiger partial charge is 0.475 e. The number of aliphatic carboxylic acids is 1. The van der Waals surface area contributed by atoms with Gasteiger partial charge in [0.2, 0.25) is 0 Å². The number of carboxylic acid groups (broad SMARTS) is 1. The molecule has 3 aromatic rings. The van der Waals surface area contributed by atoms with Gasteiger partial charge >= 0.3 is 12.1 Å². The Morgan fingerprint density at radius 2 is 1.88 bits per heavy atom. The van der Waals surface area contributed by atoms with Crippen molar-refractivity contribution in [1.29, 1.82) is 0 Å². The van der Waals surface area contributed by atoms with Crippen molar-refractivity contribution in [2.75, 3.05) is 19.6 Å². The minimum Gasteiger partial charge on any atom is -0.475 e. The third-order valence-electron chi connectivity index (χ3n) is 5.83. The first-order chi connectivity index (χ1) is 15.7. The fourth-order valence-corrected chi connectivity index (χ4v) is 4.01. The fourth-order valence-electron chi connectivity index (χ4n) is 4.01. The molecule has 2 aromatic heterocycles. The Kier molecular flexibility index (Phi) is 6.64. The number of carbonyl (C=O) groups is 1. The van der Waals surface area contributed by atoms with Gasteiger partial charge in [0.25, 0.3) is 0 Å². The topological polar surface area (TPSA) is 70.7 Å². The Bertz CT molecular complexity index is 1130. The Balaban J connectivity index is 0.000000325. The summed E-state index contributed by atoms with van der Waals surface area (Å²) in [6.07, 6.45) is 2.05. The highest BCUT2D eigenvalue weighted by Gasteiger charge is 2.38. The van der Waals surface area contributed by atoms with E-state index in [-0.39, 0.29) is 5.82 Å². The Labute approximate surface area is 187 Å². The zero-order chi connectivity index (χ0) is 23.6. The van der Waals surface area contributed by atoms with Crippen molar-refractivity contribution in [3.8, 4) is 11.1 Å². The van der Waals surface area contributed by atoms with Crippen LogP contribution in [0.5, 0.6) is 0 Å². The van der Waals surface area contributed by atoms with Crippen molar-refractivity contribution in [2.24, 2.45) is 5.92 Å². The maximum atomic E-state index is 13.5. The number of piperidine rings is 1. The molecule has 6 nitrogen and oxygen atoms in total. The number of hydrogen-bond donors (Lipinski definition) is 1. The molecule has 2 aliphatic rings. The summed E-state index contributed by atoms with van der Waals surface area (Å²) in [5, 5.41) is 11.9. The van der Waals surface area contributed by atoms with E-state index in [1.165, 1.54) is 38.4 Å². The molecule has 1 saturated carbocycles. The van der Waals surface area contributed by atoms with Crippen LogP contribution >= 0.6 is 0 Å². The maximum Gasteiger partial charge on any atom is 0.490 e. The molecule has 10 heteroatoms. The van der Waals surface area contributed by atoms with Crippen LogP contribution in [0, 0.1) is 11.7 Å². The van der Waals surface area contributed by atoms with Crippen molar-refractivity contribution in [3.05, 3.63) is 54.2 Å². The number of halogens is 4. The molecule has 1 aromatic carbocycles. The van der Waals surface area contributed by atoms with Gasteiger partial charge in [-0.05, 0) is 68.0 Å². The van der Waals surface area contributed by atoms with Gasteiger partial charge in [-0.2, -0.15) is 18.3 Å². The monoisotopic (exact) mass is 464 g/mol. The number of nitrogens with zero attached hydrogens (tertiary/aromatic N) is 4. The normalized spacial score (nSPS) is 19.2. The lowest BCUT2D eigenvalue weighted by atomic mass is 9.97. The van der Waals surface area contributed by atoms with E-state index in [2.05, 4.69) is 4.90 Å². The van der Waals surface area contributed by atoms with Crippen molar-refractivity contribution in [2.45, 2.75) is 37.8 Å². The Morgan fingerprint density at radius 3 is 2.55 bits per heavy atom. The molecule has 0 amide bonds. The van der Waals surface area contributed by atoms with E-state index < -0.39 is 12.1 Å². The summed E-state index contributed by atoms with van der Waals surface area (Å²) in [4.78, 5) is 16.3. The van der Waals surface area contributed by atoms with Crippen LogP contribution in [0.3, 0.4) is 0 Å². The van der Waals surface area contributed by atoms with Gasteiger partial charge in [0.1, 0.15) is 5.82 Å². The van der Waals surface area contributed by atoms with Crippen LogP contribution in [0.15, 0.2) is 42.6 Å². The first-order valence-electron chi connectivity index (χ1n) is 10.8. The lowest BCUT2D eigenvalue weighted by molar-refractivity contribution is -0.192. The molecule has 1 aliphatic carbocycles. The summed E-state index contributed by atoms with van der Waals surface area (Å²) in [7, 11) is 0. The molecular formula is C23H24F4N4O2. The van der Waals surface area contributed by atoms with E-state index in [0.717, 1.165) is 41.5 Å². The first-order valence-corrected chi connectivity index (χ1v) is 10.8. The maximum absolute atomic E-state index is 13.5. The SMILES string of the molecule is Fc1cccc(-c2ccc3nc(C4CCCN(CC5CC5)C4)nn3c2)c1.O=C(O)C(F)(F)F. The summed E-state index contributed by atoms with van der Waals surface area (Å²) in [5.41, 5.74) is 2.67. The molecule has 0 spiro atoms. The van der Waals surface area contributed by atoms with Crippen molar-refractivity contribution in [1.82, 2.24) is 19.5 Å². The number of fused-ring (bicyclic) bond motifs is 1. The van der Waals surface area contributed by atoms with E-state index >= 15 is 0 Å². The highest BCUT2D eigenvalue weighted by molar-refractivity contribution is 5.73. The van der Waals surface area contributed by atoms with E-state index in [9.17, 15) is 17.6 Å². The van der Waals surface area contributed by atoms with Crippen LogP contribution in [0.25, 0.3) is 16.8 Å². The van der Waals surface area contributed by atoms with Gasteiger partial charge in [0.05, 0.1) is 0 Å². The highest BCUT2D eigenvalue weighted by atomic mass is 19.4. The largest absolute Gasteiger partial charge is 0.490 e. The highest BCUT2D eigenvalue weighted by Crippen LogP contribution is 2.33. The molecule has 1 saturated heterocycles. The molecule has 176 valence electrons. The zero-order valence-electron chi connectivity index (χ0n) is 17.8. The minimum atomic E-state index is -5.08. The van der Waals surface area contributed by atoms with E-state index in [1.54, 1.807) is 12.1 Å². The standard InChI is InChI=1S/C21H23FN4.C2HF3O2/c22-19-5-1-3-16(11-19)17-8-9-20-23-21(24-26(20)14-17)18-4-2-10-25(13-18)12-15-6-7-15;3-2(4,5)1(6)7/h1,3,5,8-9,11,14-15,18H,2,4,6-7,10,12-13H2;(H,6,7). The average Bonchev–Trinajstić information content (AvgIpc) is 3.47. The molecule has 1 aliphatic heterocycles. The van der Waals surface area contributed by atoms with Gasteiger partial charge in [-0.1, -0.05) is 12.1 Å². The number of aromatic nitrogens is 3. The van der Waals surface area contributed by atoms with Gasteiger partial charge in [0, 0.05) is 30.8 Å². The number of hydrogen-bond acceptors (Lipinski definition) is 4. The van der Waals surface area contributed by atoms with Crippen LogP contribution in [0.4, 0.5) is 17.6 Å². The second-order valence-corrected chi connectivity index (χ2v) is 8.55. The second-order valence-electron chi connectivity index (χ2n) is 8.55. The molecule has 33 heavy (non-hydrogen) atoms. The van der Waals surface area contributed by atoms with Crippen molar-refractivity contribution in [3.63, 3.8) is 0 Å². The lowest BCUT2D eigenvalue weighted by Gasteiger charge is -2.31. The van der Waals surface area contributed by atoms with Crippen LogP contribution in [-0.2, 0) is 4.79 Å². The molecular weight excluding hydrogens is 440 g/mol. The van der Waals surface area contributed by atoms with Gasteiger partial charge in [0.15, 0.2) is 11.5 Å². The minimum absolute atomic E-state index is 0.222. The Morgan fingerprint density at radius 1 is 1.12 bits per heavy atom. The first kappa shape index (κ1) is 23.2. The predicted octanol–water partition coefficient (Wildman–Crippen LogP) is 4.76. The number of benzene rings is 1. The number of likely N-dealkylation sites (tertiary alicyclic amines) is 1.